The molecule has 1 heterocycles. The number of hydrogen-bond acceptors (Lipinski definition) is 1. The highest BCUT2D eigenvalue weighted by molar-refractivity contribution is 5.79. The molecule has 1 aliphatic heterocycles. The first-order valence-electron chi connectivity index (χ1n) is 3.50. The smallest absolute Gasteiger partial charge is 0.223 e. The van der Waals surface area contributed by atoms with Crippen molar-refractivity contribution in [2.75, 3.05) is 0 Å². The molecule has 1 N–H and O–H groups in total. The number of rotatable bonds is 0. The second-order valence-corrected chi connectivity index (χ2v) is 2.89. The topological polar surface area (TPSA) is 29.1 Å². The van der Waals surface area contributed by atoms with Crippen LogP contribution >= 0.6 is 0 Å². The molecule has 0 spiro atoms. The second-order valence-electron chi connectivity index (χ2n) is 2.89. The first-order valence-corrected chi connectivity index (χ1v) is 3.50. The first-order chi connectivity index (χ1) is 4.20. The van der Waals surface area contributed by atoms with Gasteiger partial charge in [-0.2, -0.15) is 0 Å². The third-order valence-electron chi connectivity index (χ3n) is 1.87. The van der Waals surface area contributed by atoms with Crippen molar-refractivity contribution in [3.05, 3.63) is 0 Å². The van der Waals surface area contributed by atoms with Gasteiger partial charge in [-0.3, -0.25) is 4.79 Å². The molecule has 0 aromatic carbocycles. The van der Waals surface area contributed by atoms with E-state index in [9.17, 15) is 4.79 Å². The minimum Gasteiger partial charge on any atom is -0.353 e. The van der Waals surface area contributed by atoms with Gasteiger partial charge in [-0.1, -0.05) is 6.92 Å². The van der Waals surface area contributed by atoms with Crippen LogP contribution in [0.25, 0.3) is 0 Å². The van der Waals surface area contributed by atoms with Crippen molar-refractivity contribution < 1.29 is 4.79 Å². The maximum absolute atomic E-state index is 10.9. The van der Waals surface area contributed by atoms with Crippen LogP contribution in [0.4, 0.5) is 0 Å². The van der Waals surface area contributed by atoms with Gasteiger partial charge < -0.3 is 5.32 Å². The highest BCUT2D eigenvalue weighted by Crippen LogP contribution is 2.13. The summed E-state index contributed by atoms with van der Waals surface area (Å²) in [6.07, 6.45) is 2.18. The van der Waals surface area contributed by atoms with Gasteiger partial charge in [-0.25, -0.2) is 0 Å². The van der Waals surface area contributed by atoms with E-state index in [4.69, 9.17) is 0 Å². The molecular formula is C7H13NO. The zero-order valence-corrected chi connectivity index (χ0v) is 5.98. The summed E-state index contributed by atoms with van der Waals surface area (Å²) >= 11 is 0. The number of piperidine rings is 1. The average molecular weight is 127 g/mol. The van der Waals surface area contributed by atoms with Crippen LogP contribution in [0.2, 0.25) is 0 Å². The molecule has 2 atom stereocenters. The van der Waals surface area contributed by atoms with Gasteiger partial charge in [0, 0.05) is 12.0 Å². The summed E-state index contributed by atoms with van der Waals surface area (Å²) in [5.41, 5.74) is 0. The Morgan fingerprint density at radius 3 is 2.56 bits per heavy atom. The predicted octanol–water partition coefficient (Wildman–Crippen LogP) is 0.921. The van der Waals surface area contributed by atoms with E-state index in [2.05, 4.69) is 5.32 Å². The summed E-state index contributed by atoms with van der Waals surface area (Å²) in [5, 5.41) is 2.89. The zero-order valence-electron chi connectivity index (χ0n) is 5.98. The SMILES string of the molecule is C[C@H]1CC[C@H](C)C(=O)N1. The Morgan fingerprint density at radius 2 is 2.11 bits per heavy atom. The fourth-order valence-electron chi connectivity index (χ4n) is 1.09. The Hall–Kier alpha value is -0.530. The lowest BCUT2D eigenvalue weighted by atomic mass is 9.97. The van der Waals surface area contributed by atoms with E-state index in [-0.39, 0.29) is 11.8 Å². The first kappa shape index (κ1) is 6.59. The van der Waals surface area contributed by atoms with E-state index in [1.807, 2.05) is 13.8 Å². The van der Waals surface area contributed by atoms with E-state index in [1.165, 1.54) is 0 Å². The molecule has 0 aromatic rings. The molecule has 2 nitrogen and oxygen atoms in total. The van der Waals surface area contributed by atoms with Gasteiger partial charge in [0.2, 0.25) is 5.91 Å². The van der Waals surface area contributed by atoms with Gasteiger partial charge in [0.05, 0.1) is 0 Å². The summed E-state index contributed by atoms with van der Waals surface area (Å²) in [7, 11) is 0. The number of carbonyl (C=O) groups excluding carboxylic acids is 1. The molecule has 0 radical (unpaired) electrons. The van der Waals surface area contributed by atoms with Crippen molar-refractivity contribution in [2.45, 2.75) is 32.7 Å². The van der Waals surface area contributed by atoms with Gasteiger partial charge in [-0.15, -0.1) is 0 Å². The summed E-state index contributed by atoms with van der Waals surface area (Å²) < 4.78 is 0. The Morgan fingerprint density at radius 1 is 1.44 bits per heavy atom. The zero-order chi connectivity index (χ0) is 6.85. The minimum absolute atomic E-state index is 0.216. The Bertz CT molecular complexity index is 122. The Balaban J connectivity index is 2.44. The van der Waals surface area contributed by atoms with Crippen LogP contribution in [-0.2, 0) is 4.79 Å². The van der Waals surface area contributed by atoms with Gasteiger partial charge in [0.1, 0.15) is 0 Å². The summed E-state index contributed by atoms with van der Waals surface area (Å²) in [6, 6.07) is 0.397. The number of nitrogens with one attached hydrogen (secondary N) is 1. The molecule has 1 rings (SSSR count). The third-order valence-corrected chi connectivity index (χ3v) is 1.87. The van der Waals surface area contributed by atoms with E-state index in [1.54, 1.807) is 0 Å². The minimum atomic E-state index is 0.216. The van der Waals surface area contributed by atoms with Gasteiger partial charge >= 0.3 is 0 Å². The van der Waals surface area contributed by atoms with E-state index < -0.39 is 0 Å². The Labute approximate surface area is 55.6 Å². The van der Waals surface area contributed by atoms with Gasteiger partial charge in [-0.05, 0) is 19.8 Å². The summed E-state index contributed by atoms with van der Waals surface area (Å²) in [5.74, 6) is 0.454. The van der Waals surface area contributed by atoms with E-state index >= 15 is 0 Å². The molecule has 0 unspecified atom stereocenters. The van der Waals surface area contributed by atoms with Crippen molar-refractivity contribution in [3.8, 4) is 0 Å². The third kappa shape index (κ3) is 1.44. The van der Waals surface area contributed by atoms with Crippen molar-refractivity contribution in [1.82, 2.24) is 5.32 Å². The largest absolute Gasteiger partial charge is 0.353 e. The predicted molar refractivity (Wildman–Crippen MR) is 36.0 cm³/mol. The number of amides is 1. The summed E-state index contributed by atoms with van der Waals surface area (Å²) in [4.78, 5) is 10.9. The lowest BCUT2D eigenvalue weighted by Crippen LogP contribution is -2.41. The Kier molecular flexibility index (Phi) is 1.74. The molecule has 9 heavy (non-hydrogen) atoms. The molecule has 52 valence electrons. The monoisotopic (exact) mass is 127 g/mol. The van der Waals surface area contributed by atoms with Crippen molar-refractivity contribution in [3.63, 3.8) is 0 Å². The molecule has 1 aliphatic rings. The standard InChI is InChI=1S/C7H13NO/c1-5-3-4-6(2)8-7(5)9/h5-6H,3-4H2,1-2H3,(H,8,9)/t5-,6-/m0/s1. The van der Waals surface area contributed by atoms with Crippen LogP contribution in [0.15, 0.2) is 0 Å². The van der Waals surface area contributed by atoms with E-state index in [0.717, 1.165) is 12.8 Å². The molecule has 0 aromatic heterocycles. The molecule has 0 saturated carbocycles. The molecule has 0 bridgehead atoms. The second kappa shape index (κ2) is 2.38. The van der Waals surface area contributed by atoms with Crippen LogP contribution in [0, 0.1) is 5.92 Å². The molecule has 1 fully saturated rings. The normalized spacial score (nSPS) is 36.0. The van der Waals surface area contributed by atoms with Crippen molar-refractivity contribution in [1.29, 1.82) is 0 Å². The number of carbonyl (C=O) groups is 1. The van der Waals surface area contributed by atoms with Crippen LogP contribution < -0.4 is 5.32 Å². The highest BCUT2D eigenvalue weighted by atomic mass is 16.2. The molecule has 2 heteroatoms. The highest BCUT2D eigenvalue weighted by Gasteiger charge is 2.20. The van der Waals surface area contributed by atoms with Crippen molar-refractivity contribution >= 4 is 5.91 Å². The maximum Gasteiger partial charge on any atom is 0.223 e. The lowest BCUT2D eigenvalue weighted by Gasteiger charge is -2.23. The molecule has 1 saturated heterocycles. The van der Waals surface area contributed by atoms with Crippen LogP contribution in [0.5, 0.6) is 0 Å². The van der Waals surface area contributed by atoms with Gasteiger partial charge in [0.25, 0.3) is 0 Å². The fourth-order valence-corrected chi connectivity index (χ4v) is 1.09. The molecular weight excluding hydrogens is 114 g/mol. The number of hydrogen-bond donors (Lipinski definition) is 1. The quantitative estimate of drug-likeness (QED) is 0.515. The molecule has 1 amide bonds. The van der Waals surface area contributed by atoms with Crippen molar-refractivity contribution in [2.24, 2.45) is 5.92 Å². The maximum atomic E-state index is 10.9. The lowest BCUT2D eigenvalue weighted by molar-refractivity contribution is -0.127. The van der Waals surface area contributed by atoms with Crippen LogP contribution in [-0.4, -0.2) is 11.9 Å². The summed E-state index contributed by atoms with van der Waals surface area (Å²) in [6.45, 7) is 4.02. The fraction of sp³-hybridized carbons (Fsp3) is 0.857. The van der Waals surface area contributed by atoms with Crippen LogP contribution in [0.3, 0.4) is 0 Å². The van der Waals surface area contributed by atoms with E-state index in [0.29, 0.717) is 6.04 Å². The molecule has 0 aliphatic carbocycles. The van der Waals surface area contributed by atoms with Gasteiger partial charge in [0.15, 0.2) is 0 Å². The average Bonchev–Trinajstić information content (AvgIpc) is 1.80. The van der Waals surface area contributed by atoms with Crippen LogP contribution in [0.1, 0.15) is 26.7 Å².